The van der Waals surface area contributed by atoms with Crippen LogP contribution in [-0.4, -0.2) is 55.8 Å². The Balaban J connectivity index is 1.69. The van der Waals surface area contributed by atoms with E-state index in [-0.39, 0.29) is 23.9 Å². The first-order valence-corrected chi connectivity index (χ1v) is 10.7. The number of aliphatic carboxylic acids is 1. The Morgan fingerprint density at radius 3 is 2.89 bits per heavy atom. The zero-order chi connectivity index (χ0) is 20.4. The Bertz CT molecular complexity index is 911. The molecule has 0 aromatic carbocycles. The second-order valence-electron chi connectivity index (χ2n) is 5.76. The molecule has 2 amide bonds. The van der Waals surface area contributed by atoms with Crippen LogP contribution in [0.3, 0.4) is 0 Å². The van der Waals surface area contributed by atoms with Gasteiger partial charge in [-0.05, 0) is 11.5 Å². The number of thioether (sulfide) groups is 2. The number of carbonyl (C=O) groups is 3. The van der Waals surface area contributed by atoms with Crippen LogP contribution in [0.15, 0.2) is 27.5 Å². The number of hydrogen-bond donors (Lipinski definition) is 5. The standard InChI is InChI=1S/C15H16N6O4S3/c16-8(17)1-2-26-7-5-27-13-10(12(23)21(13)11(7)14(24)25)20-9(22)3-6-4-28-15(18)19-6/h1-2,4,10,13H,3,5H2,(H3,16,17)(H2,18,19)(H,20,22)(H,24,25)/b2-1+/t10?,13-/m1/s1. The molecule has 7 N–H and O–H groups in total. The molecule has 3 heterocycles. The van der Waals surface area contributed by atoms with Gasteiger partial charge in [0.1, 0.15) is 22.9 Å². The van der Waals surface area contributed by atoms with Gasteiger partial charge in [-0.2, -0.15) is 0 Å². The highest BCUT2D eigenvalue weighted by atomic mass is 32.2. The zero-order valence-corrected chi connectivity index (χ0v) is 16.7. The molecule has 1 aromatic rings. The van der Waals surface area contributed by atoms with Crippen molar-refractivity contribution in [3.8, 4) is 0 Å². The lowest BCUT2D eigenvalue weighted by Crippen LogP contribution is -2.70. The van der Waals surface area contributed by atoms with Gasteiger partial charge in [-0.1, -0.05) is 11.8 Å². The Hall–Kier alpha value is -2.51. The molecular weight excluding hydrogens is 424 g/mol. The minimum Gasteiger partial charge on any atom is -0.477 e. The Kier molecular flexibility index (Phi) is 5.96. The first-order valence-electron chi connectivity index (χ1n) is 7.85. The first-order chi connectivity index (χ1) is 13.3. The van der Waals surface area contributed by atoms with Crippen LogP contribution in [0, 0.1) is 5.41 Å². The Morgan fingerprint density at radius 2 is 2.29 bits per heavy atom. The number of nitrogens with one attached hydrogen (secondary N) is 2. The number of fused-ring (bicyclic) bond motifs is 1. The molecule has 148 valence electrons. The van der Waals surface area contributed by atoms with Gasteiger partial charge in [0.25, 0.3) is 5.91 Å². The molecule has 1 aromatic heterocycles. The first kappa shape index (κ1) is 20.2. The predicted octanol–water partition coefficient (Wildman–Crippen LogP) is 0.147. The summed E-state index contributed by atoms with van der Waals surface area (Å²) in [5.41, 5.74) is 11.2. The van der Waals surface area contributed by atoms with Gasteiger partial charge in [-0.3, -0.25) is 19.9 Å². The van der Waals surface area contributed by atoms with E-state index in [0.717, 1.165) is 11.8 Å². The molecule has 28 heavy (non-hydrogen) atoms. The third kappa shape index (κ3) is 4.15. The molecule has 1 unspecified atom stereocenters. The largest absolute Gasteiger partial charge is 0.477 e. The summed E-state index contributed by atoms with van der Waals surface area (Å²) in [7, 11) is 0. The molecule has 1 fully saturated rings. The molecule has 0 aliphatic carbocycles. The summed E-state index contributed by atoms with van der Waals surface area (Å²) in [4.78, 5) is 42.1. The topological polar surface area (TPSA) is 175 Å². The number of amides is 2. The van der Waals surface area contributed by atoms with Gasteiger partial charge in [0.2, 0.25) is 5.91 Å². The molecule has 0 saturated carbocycles. The highest BCUT2D eigenvalue weighted by Crippen LogP contribution is 2.43. The number of nitrogen functional groups attached to an aromatic ring is 1. The minimum atomic E-state index is -1.22. The second-order valence-corrected chi connectivity index (χ2v) is 8.76. The highest BCUT2D eigenvalue weighted by Gasteiger charge is 2.54. The average molecular weight is 441 g/mol. The van der Waals surface area contributed by atoms with Crippen molar-refractivity contribution in [2.45, 2.75) is 17.8 Å². The summed E-state index contributed by atoms with van der Waals surface area (Å²) in [6.07, 6.45) is 1.33. The van der Waals surface area contributed by atoms with E-state index in [9.17, 15) is 19.5 Å². The molecule has 0 bridgehead atoms. The number of anilines is 1. The molecule has 2 aliphatic rings. The summed E-state index contributed by atoms with van der Waals surface area (Å²) in [5, 5.41) is 22.4. The second kappa shape index (κ2) is 8.24. The Morgan fingerprint density at radius 1 is 1.54 bits per heavy atom. The van der Waals surface area contributed by atoms with Crippen LogP contribution in [0.25, 0.3) is 0 Å². The van der Waals surface area contributed by atoms with E-state index >= 15 is 0 Å². The molecule has 10 nitrogen and oxygen atoms in total. The predicted molar refractivity (Wildman–Crippen MR) is 109 cm³/mol. The Labute approximate surface area is 171 Å². The number of carbonyl (C=O) groups excluding carboxylic acids is 2. The number of nitrogens with two attached hydrogens (primary N) is 2. The van der Waals surface area contributed by atoms with E-state index in [4.69, 9.17) is 16.9 Å². The highest BCUT2D eigenvalue weighted by molar-refractivity contribution is 8.08. The maximum Gasteiger partial charge on any atom is 0.353 e. The summed E-state index contributed by atoms with van der Waals surface area (Å²) in [6, 6.07) is -0.790. The average Bonchev–Trinajstić information content (AvgIpc) is 3.03. The quantitative estimate of drug-likeness (QED) is 0.224. The van der Waals surface area contributed by atoms with Crippen molar-refractivity contribution in [3.05, 3.63) is 33.2 Å². The summed E-state index contributed by atoms with van der Waals surface area (Å²) in [5.74, 6) is -1.88. The normalized spacial score (nSPS) is 21.4. The van der Waals surface area contributed by atoms with E-state index in [2.05, 4.69) is 10.3 Å². The zero-order valence-electron chi connectivity index (χ0n) is 14.2. The number of carboxylic acids is 1. The smallest absolute Gasteiger partial charge is 0.353 e. The van der Waals surface area contributed by atoms with Crippen LogP contribution in [0.5, 0.6) is 0 Å². The van der Waals surface area contributed by atoms with Gasteiger partial charge in [0.05, 0.1) is 12.1 Å². The number of nitrogens with zero attached hydrogens (tertiary/aromatic N) is 2. The molecule has 1 saturated heterocycles. The number of thiazole rings is 1. The van der Waals surface area contributed by atoms with Gasteiger partial charge >= 0.3 is 5.97 Å². The number of β-lactam (4-membered cyclic amide) rings is 1. The van der Waals surface area contributed by atoms with Crippen molar-refractivity contribution in [2.75, 3.05) is 11.5 Å². The summed E-state index contributed by atoms with van der Waals surface area (Å²) >= 11 is 3.68. The monoisotopic (exact) mass is 440 g/mol. The van der Waals surface area contributed by atoms with Crippen molar-refractivity contribution in [1.82, 2.24) is 15.2 Å². The van der Waals surface area contributed by atoms with Crippen molar-refractivity contribution in [1.29, 1.82) is 5.41 Å². The minimum absolute atomic E-state index is 0.00651. The third-order valence-electron chi connectivity index (χ3n) is 3.82. The van der Waals surface area contributed by atoms with Crippen LogP contribution in [-0.2, 0) is 20.8 Å². The summed E-state index contributed by atoms with van der Waals surface area (Å²) in [6.45, 7) is 0. The third-order valence-corrected chi connectivity index (χ3v) is 6.90. The van der Waals surface area contributed by atoms with E-state index in [1.165, 1.54) is 39.5 Å². The van der Waals surface area contributed by atoms with E-state index in [1.54, 1.807) is 5.38 Å². The molecule has 2 atom stereocenters. The van der Waals surface area contributed by atoms with Crippen LogP contribution in [0.2, 0.25) is 0 Å². The van der Waals surface area contributed by atoms with Crippen LogP contribution in [0.4, 0.5) is 5.13 Å². The van der Waals surface area contributed by atoms with Crippen molar-refractivity contribution < 1.29 is 19.5 Å². The molecule has 2 aliphatic heterocycles. The number of aromatic nitrogens is 1. The fourth-order valence-electron chi connectivity index (χ4n) is 2.66. The lowest BCUT2D eigenvalue weighted by atomic mass is 10.0. The molecule has 3 rings (SSSR count). The molecule has 13 heteroatoms. The van der Waals surface area contributed by atoms with E-state index in [1.807, 2.05) is 0 Å². The van der Waals surface area contributed by atoms with Crippen LogP contribution < -0.4 is 16.8 Å². The number of hydrogen-bond acceptors (Lipinski definition) is 9. The molecular formula is C15H16N6O4S3. The van der Waals surface area contributed by atoms with E-state index < -0.39 is 23.3 Å². The molecule has 0 radical (unpaired) electrons. The fourth-order valence-corrected chi connectivity index (χ4v) is 5.57. The van der Waals surface area contributed by atoms with Crippen molar-refractivity contribution in [2.24, 2.45) is 5.73 Å². The van der Waals surface area contributed by atoms with Crippen LogP contribution in [0.1, 0.15) is 5.69 Å². The number of amidine groups is 1. The summed E-state index contributed by atoms with van der Waals surface area (Å²) < 4.78 is 0. The van der Waals surface area contributed by atoms with Gasteiger partial charge in [0, 0.05) is 16.0 Å². The van der Waals surface area contributed by atoms with Crippen molar-refractivity contribution in [3.63, 3.8) is 0 Å². The fraction of sp³-hybridized carbons (Fsp3) is 0.267. The lowest BCUT2D eigenvalue weighted by molar-refractivity contribution is -0.150. The van der Waals surface area contributed by atoms with Gasteiger partial charge < -0.3 is 21.9 Å². The maximum atomic E-state index is 12.5. The van der Waals surface area contributed by atoms with Gasteiger partial charge in [-0.15, -0.1) is 23.1 Å². The molecule has 0 spiro atoms. The number of rotatable bonds is 7. The maximum absolute atomic E-state index is 12.5. The van der Waals surface area contributed by atoms with Crippen molar-refractivity contribution >= 4 is 63.6 Å². The number of carboxylic acid groups (broad SMARTS) is 1. The lowest BCUT2D eigenvalue weighted by Gasteiger charge is -2.49. The van der Waals surface area contributed by atoms with Gasteiger partial charge in [-0.25, -0.2) is 9.78 Å². The van der Waals surface area contributed by atoms with Gasteiger partial charge in [0.15, 0.2) is 5.13 Å². The SMILES string of the molecule is N=C(N)/C=C/SC1=C(C(=O)O)N2C(=O)C(NC(=O)Cc3csc(N)n3)[C@H]2SC1. The van der Waals surface area contributed by atoms with Crippen LogP contribution >= 0.6 is 34.9 Å². The van der Waals surface area contributed by atoms with E-state index in [0.29, 0.717) is 21.5 Å².